The molecule has 0 aliphatic carbocycles. The Labute approximate surface area is 123 Å². The normalized spacial score (nSPS) is 10.5. The van der Waals surface area contributed by atoms with Gasteiger partial charge in [-0.15, -0.1) is 11.3 Å². The molecule has 0 bridgehead atoms. The quantitative estimate of drug-likeness (QED) is 0.775. The number of carbonyl (C=O) groups is 2. The molecule has 0 radical (unpaired) electrons. The van der Waals surface area contributed by atoms with Crippen molar-refractivity contribution in [2.45, 2.75) is 0 Å². The zero-order valence-corrected chi connectivity index (χ0v) is 11.4. The number of nitrogens with zero attached hydrogens (tertiary/aromatic N) is 2. The number of nitrogens with one attached hydrogen (secondary N) is 1. The third kappa shape index (κ3) is 2.46. The lowest BCUT2D eigenvalue weighted by Gasteiger charge is -2.06. The average Bonchev–Trinajstić information content (AvgIpc) is 2.95. The monoisotopic (exact) mass is 299 g/mol. The second-order valence-electron chi connectivity index (χ2n) is 4.15. The Morgan fingerprint density at radius 2 is 1.95 bits per heavy atom. The predicted octanol–water partition coefficient (Wildman–Crippen LogP) is 2.64. The van der Waals surface area contributed by atoms with Crippen molar-refractivity contribution in [2.75, 3.05) is 5.32 Å². The van der Waals surface area contributed by atoms with Gasteiger partial charge in [-0.25, -0.2) is 4.79 Å². The number of carbonyl (C=O) groups excluding carboxylic acids is 1. The van der Waals surface area contributed by atoms with E-state index in [4.69, 9.17) is 5.11 Å². The van der Waals surface area contributed by atoms with Gasteiger partial charge in [-0.1, -0.05) is 6.07 Å². The maximum absolute atomic E-state index is 12.3. The molecule has 3 aromatic rings. The molecule has 6 nitrogen and oxygen atoms in total. The van der Waals surface area contributed by atoms with E-state index in [0.29, 0.717) is 16.6 Å². The SMILES string of the molecule is O=C(O)c1sccc1NC(=O)c1cccc2nccnc12. The van der Waals surface area contributed by atoms with Crippen LogP contribution in [-0.2, 0) is 0 Å². The fraction of sp³-hybridized carbons (Fsp3) is 0. The van der Waals surface area contributed by atoms with E-state index in [1.165, 1.54) is 6.20 Å². The van der Waals surface area contributed by atoms with Crippen molar-refractivity contribution >= 4 is 39.9 Å². The standard InChI is InChI=1S/C14H9N3O3S/c18-13(17-10-4-7-21-12(10)14(19)20)8-2-1-3-9-11(8)16-6-5-15-9/h1-7H,(H,17,18)(H,19,20). The van der Waals surface area contributed by atoms with E-state index in [1.54, 1.807) is 35.8 Å². The van der Waals surface area contributed by atoms with Crippen LogP contribution in [0.15, 0.2) is 42.0 Å². The minimum Gasteiger partial charge on any atom is -0.477 e. The van der Waals surface area contributed by atoms with E-state index >= 15 is 0 Å². The van der Waals surface area contributed by atoms with Crippen molar-refractivity contribution in [1.82, 2.24) is 9.97 Å². The number of para-hydroxylation sites is 1. The summed E-state index contributed by atoms with van der Waals surface area (Å²) in [5.74, 6) is -1.49. The van der Waals surface area contributed by atoms with Crippen molar-refractivity contribution in [2.24, 2.45) is 0 Å². The molecule has 0 unspecified atom stereocenters. The topological polar surface area (TPSA) is 92.2 Å². The van der Waals surface area contributed by atoms with Crippen LogP contribution in [0.2, 0.25) is 0 Å². The Morgan fingerprint density at radius 3 is 2.76 bits per heavy atom. The number of anilines is 1. The summed E-state index contributed by atoms with van der Waals surface area (Å²) in [6.07, 6.45) is 3.05. The van der Waals surface area contributed by atoms with Gasteiger partial charge in [0.1, 0.15) is 10.4 Å². The van der Waals surface area contributed by atoms with Crippen LogP contribution in [-0.4, -0.2) is 27.0 Å². The highest BCUT2D eigenvalue weighted by Crippen LogP contribution is 2.23. The third-order valence-corrected chi connectivity index (χ3v) is 3.75. The number of amides is 1. The summed E-state index contributed by atoms with van der Waals surface area (Å²) in [6, 6.07) is 6.64. The van der Waals surface area contributed by atoms with Gasteiger partial charge in [-0.05, 0) is 23.6 Å². The fourth-order valence-electron chi connectivity index (χ4n) is 1.94. The van der Waals surface area contributed by atoms with Gasteiger partial charge in [-0.3, -0.25) is 14.8 Å². The molecule has 1 aromatic carbocycles. The largest absolute Gasteiger partial charge is 0.477 e. The van der Waals surface area contributed by atoms with E-state index in [1.807, 2.05) is 0 Å². The lowest BCUT2D eigenvalue weighted by molar-refractivity contribution is 0.0703. The van der Waals surface area contributed by atoms with Crippen LogP contribution in [0, 0.1) is 0 Å². The highest BCUT2D eigenvalue weighted by atomic mass is 32.1. The number of carboxylic acid groups (broad SMARTS) is 1. The van der Waals surface area contributed by atoms with Crippen molar-refractivity contribution in [3.8, 4) is 0 Å². The molecule has 0 aliphatic heterocycles. The van der Waals surface area contributed by atoms with Gasteiger partial charge in [0.2, 0.25) is 0 Å². The van der Waals surface area contributed by atoms with E-state index in [2.05, 4.69) is 15.3 Å². The van der Waals surface area contributed by atoms with E-state index < -0.39 is 11.9 Å². The molecule has 0 saturated carbocycles. The van der Waals surface area contributed by atoms with Crippen LogP contribution in [0.1, 0.15) is 20.0 Å². The Balaban J connectivity index is 1.98. The van der Waals surface area contributed by atoms with Crippen LogP contribution in [0.3, 0.4) is 0 Å². The summed E-state index contributed by atoms with van der Waals surface area (Å²) in [7, 11) is 0. The van der Waals surface area contributed by atoms with Crippen LogP contribution in [0.4, 0.5) is 5.69 Å². The summed E-state index contributed by atoms with van der Waals surface area (Å²) < 4.78 is 0. The molecule has 1 amide bonds. The zero-order chi connectivity index (χ0) is 14.8. The Kier molecular flexibility index (Phi) is 3.33. The first kappa shape index (κ1) is 13.2. The fourth-order valence-corrected chi connectivity index (χ4v) is 2.63. The number of thiophene rings is 1. The molecule has 0 saturated heterocycles. The summed E-state index contributed by atoms with van der Waals surface area (Å²) >= 11 is 1.06. The number of aromatic nitrogens is 2. The summed E-state index contributed by atoms with van der Waals surface area (Å²) in [4.78, 5) is 31.8. The van der Waals surface area contributed by atoms with Gasteiger partial charge >= 0.3 is 5.97 Å². The molecule has 21 heavy (non-hydrogen) atoms. The summed E-state index contributed by atoms with van der Waals surface area (Å²) in [6.45, 7) is 0. The lowest BCUT2D eigenvalue weighted by atomic mass is 10.1. The Bertz CT molecular complexity index is 839. The minimum atomic E-state index is -1.07. The highest BCUT2D eigenvalue weighted by Gasteiger charge is 2.16. The van der Waals surface area contributed by atoms with Crippen molar-refractivity contribution in [1.29, 1.82) is 0 Å². The first-order chi connectivity index (χ1) is 10.2. The summed E-state index contributed by atoms with van der Waals surface area (Å²) in [5.41, 5.74) is 1.71. The zero-order valence-electron chi connectivity index (χ0n) is 10.6. The number of rotatable bonds is 3. The number of hydrogen-bond acceptors (Lipinski definition) is 5. The first-order valence-corrected chi connectivity index (χ1v) is 6.86. The van der Waals surface area contributed by atoms with Gasteiger partial charge < -0.3 is 10.4 Å². The predicted molar refractivity (Wildman–Crippen MR) is 78.8 cm³/mol. The smallest absolute Gasteiger partial charge is 0.348 e. The van der Waals surface area contributed by atoms with Gasteiger partial charge in [0.25, 0.3) is 5.91 Å². The number of fused-ring (bicyclic) bond motifs is 1. The van der Waals surface area contributed by atoms with Crippen molar-refractivity contribution in [3.63, 3.8) is 0 Å². The molecule has 2 aromatic heterocycles. The number of benzene rings is 1. The van der Waals surface area contributed by atoms with Crippen LogP contribution < -0.4 is 5.32 Å². The molecular formula is C14H9N3O3S. The molecule has 0 aliphatic rings. The minimum absolute atomic E-state index is 0.0923. The van der Waals surface area contributed by atoms with Gasteiger partial charge in [0.15, 0.2) is 0 Å². The average molecular weight is 299 g/mol. The Hall–Kier alpha value is -2.80. The molecular weight excluding hydrogens is 290 g/mol. The van der Waals surface area contributed by atoms with E-state index in [0.717, 1.165) is 11.3 Å². The summed E-state index contributed by atoms with van der Waals surface area (Å²) in [5, 5.41) is 13.3. The molecule has 0 spiro atoms. The van der Waals surface area contributed by atoms with Crippen LogP contribution in [0.5, 0.6) is 0 Å². The third-order valence-electron chi connectivity index (χ3n) is 2.85. The molecule has 0 fully saturated rings. The van der Waals surface area contributed by atoms with Crippen molar-refractivity contribution in [3.05, 3.63) is 52.5 Å². The number of carboxylic acids is 1. The number of hydrogen-bond donors (Lipinski definition) is 2. The van der Waals surface area contributed by atoms with E-state index in [9.17, 15) is 9.59 Å². The second-order valence-corrected chi connectivity index (χ2v) is 5.07. The Morgan fingerprint density at radius 1 is 1.14 bits per heavy atom. The molecule has 2 heterocycles. The second kappa shape index (κ2) is 5.29. The van der Waals surface area contributed by atoms with E-state index in [-0.39, 0.29) is 10.6 Å². The van der Waals surface area contributed by atoms with Crippen molar-refractivity contribution < 1.29 is 14.7 Å². The first-order valence-electron chi connectivity index (χ1n) is 5.98. The molecule has 0 atom stereocenters. The molecule has 2 N–H and O–H groups in total. The van der Waals surface area contributed by atoms with Gasteiger partial charge in [0, 0.05) is 12.4 Å². The van der Waals surface area contributed by atoms with Gasteiger partial charge in [0.05, 0.1) is 16.8 Å². The van der Waals surface area contributed by atoms with Crippen LogP contribution in [0.25, 0.3) is 11.0 Å². The maximum Gasteiger partial charge on any atom is 0.348 e. The maximum atomic E-state index is 12.3. The highest BCUT2D eigenvalue weighted by molar-refractivity contribution is 7.12. The lowest BCUT2D eigenvalue weighted by Crippen LogP contribution is -2.14. The molecule has 7 heteroatoms. The molecule has 3 rings (SSSR count). The van der Waals surface area contributed by atoms with Gasteiger partial charge in [-0.2, -0.15) is 0 Å². The molecule has 104 valence electrons. The number of aromatic carboxylic acids is 1. The van der Waals surface area contributed by atoms with Crippen LogP contribution >= 0.6 is 11.3 Å².